The first kappa shape index (κ1) is 51.6. The van der Waals surface area contributed by atoms with Gasteiger partial charge in [0.1, 0.15) is 0 Å². The maximum Gasteiger partial charge on any atom is 0.191 e. The van der Waals surface area contributed by atoms with Gasteiger partial charge in [-0.25, -0.2) is 0 Å². The van der Waals surface area contributed by atoms with Gasteiger partial charge in [-0.2, -0.15) is 0 Å². The Hall–Kier alpha value is -1.41. The molecule has 0 aromatic heterocycles. The summed E-state index contributed by atoms with van der Waals surface area (Å²) in [5.41, 5.74) is 2.60. The molecule has 9 heteroatoms. The van der Waals surface area contributed by atoms with E-state index in [1.165, 1.54) is 17.5 Å². The Morgan fingerprint density at radius 3 is 1.81 bits per heavy atom. The molecular weight excluding hydrogens is 693 g/mol. The Labute approximate surface area is 330 Å². The summed E-state index contributed by atoms with van der Waals surface area (Å²) < 4.78 is 18.4. The minimum Gasteiger partial charge on any atom is -0.417 e. The second-order valence-corrected chi connectivity index (χ2v) is 27.1. The average Bonchev–Trinajstić information content (AvgIpc) is 3.05. The van der Waals surface area contributed by atoms with Crippen molar-refractivity contribution in [2.24, 2.45) is 0 Å². The lowest BCUT2D eigenvalue weighted by Gasteiger charge is -2.36. The van der Waals surface area contributed by atoms with Crippen molar-refractivity contribution in [1.29, 1.82) is 0 Å². The summed E-state index contributed by atoms with van der Waals surface area (Å²) in [6.07, 6.45) is 6.23. The third-order valence-corrected chi connectivity index (χ3v) is 20.1. The zero-order valence-electron chi connectivity index (χ0n) is 34.3. The number of hydrogen-bond acceptors (Lipinski definition) is 7. The SMILES string of the molecule is C.C.CC(C)(C)[Si](C)(C)OCCCCC1CN(Cc2ccccc2)CCO1.CC(C)(C)[Si](C)(C)OCCCC[C@H](O)CN(CCO)Cc1ccccc1. The predicted molar refractivity (Wildman–Crippen MR) is 234 cm³/mol. The third kappa shape index (κ3) is 20.9. The lowest BCUT2D eigenvalue weighted by atomic mass is 10.1. The quantitative estimate of drug-likeness (QED) is 0.102. The highest BCUT2D eigenvalue weighted by Crippen LogP contribution is 2.37. The summed E-state index contributed by atoms with van der Waals surface area (Å²) >= 11 is 0. The molecule has 0 spiro atoms. The molecule has 3 rings (SSSR count). The molecule has 0 amide bonds. The zero-order valence-corrected chi connectivity index (χ0v) is 36.3. The van der Waals surface area contributed by atoms with Crippen molar-refractivity contribution in [3.05, 3.63) is 71.8 Å². The van der Waals surface area contributed by atoms with E-state index in [0.717, 1.165) is 78.1 Å². The van der Waals surface area contributed by atoms with E-state index in [2.05, 4.69) is 120 Å². The number of aliphatic hydroxyl groups excluding tert-OH is 2. The summed E-state index contributed by atoms with van der Waals surface area (Å²) in [6, 6.07) is 20.9. The fourth-order valence-corrected chi connectivity index (χ4v) is 7.77. The Bertz CT molecular complexity index is 1170. The summed E-state index contributed by atoms with van der Waals surface area (Å²) in [7, 11) is -3.25. The Morgan fingerprint density at radius 1 is 0.792 bits per heavy atom. The van der Waals surface area contributed by atoms with Crippen molar-refractivity contribution < 1.29 is 23.8 Å². The first-order valence-corrected chi connectivity index (χ1v) is 25.5. The molecule has 1 aliphatic rings. The van der Waals surface area contributed by atoms with Gasteiger partial charge in [0.25, 0.3) is 0 Å². The van der Waals surface area contributed by atoms with Crippen LogP contribution in [-0.4, -0.2) is 101 Å². The van der Waals surface area contributed by atoms with Gasteiger partial charge in [-0.05, 0) is 85.9 Å². The molecule has 0 saturated carbocycles. The van der Waals surface area contributed by atoms with Gasteiger partial charge in [0.15, 0.2) is 16.6 Å². The Morgan fingerprint density at radius 2 is 1.30 bits per heavy atom. The fourth-order valence-electron chi connectivity index (χ4n) is 5.59. The standard InChI is InChI=1S/C21H39NO3Si.C21H37NO2Si.2CH4/c1-21(2,3)26(4,5)25-16-10-9-13-20(24)18-22(14-15-23)17-19-11-7-6-8-12-19;1-21(2,3)25(4,5)24-15-10-9-13-20-18-22(14-16-23-20)17-19-11-7-6-8-12-19;;/h6-8,11-12,20,23-24H,9-10,13-18H2,1-5H3;6-8,11-12,20H,9-10,13-18H2,1-5H3;2*1H4/t20-;;;/m0.../s1. The summed E-state index contributed by atoms with van der Waals surface area (Å²) in [5, 5.41) is 20.2. The fraction of sp³-hybridized carbons (Fsp3) is 0.727. The molecule has 1 fully saturated rings. The van der Waals surface area contributed by atoms with Gasteiger partial charge in [-0.15, -0.1) is 0 Å². The molecule has 308 valence electrons. The van der Waals surface area contributed by atoms with Crippen LogP contribution >= 0.6 is 0 Å². The molecule has 0 radical (unpaired) electrons. The number of morpholine rings is 1. The number of nitrogens with zero attached hydrogens (tertiary/aromatic N) is 2. The summed E-state index contributed by atoms with van der Waals surface area (Å²) in [4.78, 5) is 4.64. The minimum atomic E-state index is -1.66. The molecule has 0 bridgehead atoms. The van der Waals surface area contributed by atoms with Gasteiger partial charge in [-0.3, -0.25) is 9.80 Å². The highest BCUT2D eigenvalue weighted by atomic mass is 28.4. The molecule has 1 heterocycles. The van der Waals surface area contributed by atoms with E-state index < -0.39 is 16.6 Å². The normalized spacial score (nSPS) is 16.3. The molecule has 7 nitrogen and oxygen atoms in total. The summed E-state index contributed by atoms with van der Waals surface area (Å²) in [5.74, 6) is 0. The van der Waals surface area contributed by atoms with Crippen LogP contribution < -0.4 is 0 Å². The van der Waals surface area contributed by atoms with E-state index in [4.69, 9.17) is 13.6 Å². The maximum atomic E-state index is 10.4. The molecular formula is C44H84N2O5Si2. The number of aliphatic hydroxyl groups is 2. The topological polar surface area (TPSA) is 74.6 Å². The number of ether oxygens (including phenoxy) is 1. The molecule has 1 aliphatic heterocycles. The van der Waals surface area contributed by atoms with Crippen LogP contribution in [0.25, 0.3) is 0 Å². The molecule has 0 aliphatic carbocycles. The molecule has 2 N–H and O–H groups in total. The van der Waals surface area contributed by atoms with Crippen molar-refractivity contribution in [2.75, 3.05) is 52.6 Å². The predicted octanol–water partition coefficient (Wildman–Crippen LogP) is 10.4. The average molecular weight is 777 g/mol. The van der Waals surface area contributed by atoms with Crippen LogP contribution in [0.1, 0.15) is 106 Å². The van der Waals surface area contributed by atoms with Crippen LogP contribution in [0.3, 0.4) is 0 Å². The number of hydrogen-bond donors (Lipinski definition) is 2. The zero-order chi connectivity index (χ0) is 38.0. The van der Waals surface area contributed by atoms with Crippen LogP contribution in [0, 0.1) is 0 Å². The second-order valence-electron chi connectivity index (χ2n) is 17.5. The number of benzene rings is 2. The van der Waals surface area contributed by atoms with Crippen molar-refractivity contribution in [1.82, 2.24) is 9.80 Å². The van der Waals surface area contributed by atoms with Gasteiger partial charge < -0.3 is 23.8 Å². The van der Waals surface area contributed by atoms with Crippen molar-refractivity contribution in [3.8, 4) is 0 Å². The lowest BCUT2D eigenvalue weighted by Crippen LogP contribution is -2.42. The van der Waals surface area contributed by atoms with E-state index >= 15 is 0 Å². The van der Waals surface area contributed by atoms with Crippen molar-refractivity contribution in [3.63, 3.8) is 0 Å². The van der Waals surface area contributed by atoms with Gasteiger partial charge in [-0.1, -0.05) is 117 Å². The van der Waals surface area contributed by atoms with E-state index in [1.54, 1.807) is 0 Å². The lowest BCUT2D eigenvalue weighted by molar-refractivity contribution is -0.0360. The van der Waals surface area contributed by atoms with Crippen molar-refractivity contribution >= 4 is 16.6 Å². The summed E-state index contributed by atoms with van der Waals surface area (Å²) in [6.45, 7) is 30.6. The van der Waals surface area contributed by atoms with Crippen LogP contribution in [0.2, 0.25) is 36.3 Å². The van der Waals surface area contributed by atoms with Gasteiger partial charge in [0, 0.05) is 52.5 Å². The Kier molecular flexibility index (Phi) is 25.0. The molecule has 1 saturated heterocycles. The van der Waals surface area contributed by atoms with E-state index in [0.29, 0.717) is 24.2 Å². The number of rotatable bonds is 20. The van der Waals surface area contributed by atoms with Crippen LogP contribution in [0.4, 0.5) is 0 Å². The molecule has 2 aromatic rings. The van der Waals surface area contributed by atoms with Gasteiger partial charge in [0.05, 0.1) is 25.4 Å². The third-order valence-electron chi connectivity index (χ3n) is 11.0. The van der Waals surface area contributed by atoms with E-state index in [-0.39, 0.29) is 32.6 Å². The highest BCUT2D eigenvalue weighted by molar-refractivity contribution is 6.74. The molecule has 2 atom stereocenters. The van der Waals surface area contributed by atoms with Crippen LogP contribution in [0.15, 0.2) is 60.7 Å². The van der Waals surface area contributed by atoms with Crippen LogP contribution in [-0.2, 0) is 26.7 Å². The van der Waals surface area contributed by atoms with Crippen molar-refractivity contribution in [2.45, 2.75) is 156 Å². The minimum absolute atomic E-state index is 0. The van der Waals surface area contributed by atoms with Gasteiger partial charge >= 0.3 is 0 Å². The molecule has 1 unspecified atom stereocenters. The monoisotopic (exact) mass is 777 g/mol. The van der Waals surface area contributed by atoms with Crippen LogP contribution in [0.5, 0.6) is 0 Å². The van der Waals surface area contributed by atoms with E-state index in [1.807, 2.05) is 18.2 Å². The highest BCUT2D eigenvalue weighted by Gasteiger charge is 2.37. The number of unbranched alkanes of at least 4 members (excludes halogenated alkanes) is 2. The van der Waals surface area contributed by atoms with E-state index in [9.17, 15) is 10.2 Å². The molecule has 53 heavy (non-hydrogen) atoms. The smallest absolute Gasteiger partial charge is 0.191 e. The largest absolute Gasteiger partial charge is 0.417 e. The first-order valence-electron chi connectivity index (χ1n) is 19.6. The maximum absolute atomic E-state index is 10.4. The second kappa shape index (κ2) is 25.7. The Balaban J connectivity index is 0.000000984. The van der Waals surface area contributed by atoms with Gasteiger partial charge in [0.2, 0.25) is 0 Å². The first-order chi connectivity index (χ1) is 23.9. The molecule has 2 aromatic carbocycles.